The smallest absolute Gasteiger partial charge is 0.430 e. The first-order valence-corrected chi connectivity index (χ1v) is 12.3. The van der Waals surface area contributed by atoms with E-state index in [1.807, 2.05) is 0 Å². The number of esters is 1. The fraction of sp³-hybridized carbons (Fsp3) is 0.692. The van der Waals surface area contributed by atoms with Crippen molar-refractivity contribution in [3.8, 4) is 6.07 Å². The van der Waals surface area contributed by atoms with Gasteiger partial charge in [0.1, 0.15) is 5.60 Å². The monoisotopic (exact) mass is 631 g/mol. The molecule has 0 spiro atoms. The third-order valence-electron chi connectivity index (χ3n) is 6.79. The van der Waals surface area contributed by atoms with Crippen LogP contribution in [0.2, 0.25) is 0 Å². The van der Waals surface area contributed by atoms with Crippen LogP contribution >= 0.6 is 0 Å². The van der Waals surface area contributed by atoms with Gasteiger partial charge < -0.3 is 9.84 Å². The summed E-state index contributed by atoms with van der Waals surface area (Å²) in [5, 5.41) is 18.3. The first kappa shape index (κ1) is 37.3. The number of hydrogen-bond donors (Lipinski definition) is 1. The Kier molecular flexibility index (Phi) is 10.5. The van der Waals surface area contributed by atoms with E-state index in [0.29, 0.717) is 12.1 Å². The molecule has 0 radical (unpaired) electrons. The maximum Gasteiger partial charge on any atom is 0.430 e. The second-order valence-corrected chi connectivity index (χ2v) is 11.0. The van der Waals surface area contributed by atoms with Crippen LogP contribution < -0.4 is 0 Å². The molecule has 0 aliphatic rings. The lowest BCUT2D eigenvalue weighted by atomic mass is 9.66. The summed E-state index contributed by atoms with van der Waals surface area (Å²) in [4.78, 5) is 13.0. The first-order chi connectivity index (χ1) is 18.6. The highest BCUT2D eigenvalue weighted by molar-refractivity contribution is 5.80. The molecule has 4 nitrogen and oxygen atoms in total. The van der Waals surface area contributed by atoms with Gasteiger partial charge in [-0.15, -0.1) is 0 Å². The number of rotatable bonds is 10. The Hall–Kier alpha value is -2.70. The van der Waals surface area contributed by atoms with Crippen molar-refractivity contribution in [3.05, 3.63) is 35.4 Å². The first-order valence-electron chi connectivity index (χ1n) is 12.3. The van der Waals surface area contributed by atoms with Crippen LogP contribution in [0.4, 0.5) is 52.7 Å². The summed E-state index contributed by atoms with van der Waals surface area (Å²) < 4.78 is 175. The average molecular weight is 631 g/mol. The van der Waals surface area contributed by atoms with E-state index in [1.165, 1.54) is 6.07 Å². The van der Waals surface area contributed by atoms with Crippen LogP contribution in [0, 0.1) is 16.7 Å². The lowest BCUT2D eigenvalue weighted by molar-refractivity contribution is -0.376. The highest BCUT2D eigenvalue weighted by Gasteiger charge is 2.80. The molecule has 3 atom stereocenters. The zero-order valence-electron chi connectivity index (χ0n) is 23.0. The van der Waals surface area contributed by atoms with E-state index in [4.69, 9.17) is 5.26 Å². The predicted molar refractivity (Wildman–Crippen MR) is 124 cm³/mol. The van der Waals surface area contributed by atoms with Gasteiger partial charge in [0, 0.05) is 18.4 Å². The summed E-state index contributed by atoms with van der Waals surface area (Å²) in [6.45, 7) is 4.34. The van der Waals surface area contributed by atoms with Crippen molar-refractivity contribution >= 4 is 5.97 Å². The van der Waals surface area contributed by atoms with Crippen LogP contribution in [-0.2, 0) is 15.1 Å². The van der Waals surface area contributed by atoms with E-state index in [-0.39, 0.29) is 19.1 Å². The number of hydrogen-bond acceptors (Lipinski definition) is 4. The molecule has 0 amide bonds. The molecule has 1 aromatic carbocycles. The summed E-state index contributed by atoms with van der Waals surface area (Å²) in [6.07, 6.45) is -23.7. The van der Waals surface area contributed by atoms with Crippen molar-refractivity contribution < 1.29 is 67.3 Å². The molecule has 16 heteroatoms. The Balaban J connectivity index is 3.93. The molecule has 0 aromatic heterocycles. The van der Waals surface area contributed by atoms with E-state index in [2.05, 4.69) is 4.74 Å². The Morgan fingerprint density at radius 1 is 0.857 bits per heavy atom. The Morgan fingerprint density at radius 2 is 1.31 bits per heavy atom. The number of nitrogens with zero attached hydrogens (tertiary/aromatic N) is 1. The molecule has 0 saturated heterocycles. The molecule has 3 unspecified atom stereocenters. The molecule has 0 heterocycles. The third kappa shape index (κ3) is 6.75. The van der Waals surface area contributed by atoms with Crippen molar-refractivity contribution in [2.24, 2.45) is 5.41 Å². The molecular weight excluding hydrogens is 602 g/mol. The van der Waals surface area contributed by atoms with Gasteiger partial charge in [-0.1, -0.05) is 31.2 Å². The summed E-state index contributed by atoms with van der Waals surface area (Å²) in [6, 6.07) is 2.42. The van der Waals surface area contributed by atoms with E-state index in [0.717, 1.165) is 27.7 Å². The molecule has 0 bridgehead atoms. The highest BCUT2D eigenvalue weighted by Crippen LogP contribution is 2.61. The second-order valence-electron chi connectivity index (χ2n) is 11.0. The molecule has 42 heavy (non-hydrogen) atoms. The fourth-order valence-electron chi connectivity index (χ4n) is 4.36. The minimum Gasteiger partial charge on any atom is -0.459 e. The van der Waals surface area contributed by atoms with Gasteiger partial charge in [0.05, 0.1) is 6.07 Å². The number of halogens is 12. The van der Waals surface area contributed by atoms with Gasteiger partial charge in [-0.05, 0) is 52.0 Å². The van der Waals surface area contributed by atoms with Gasteiger partial charge in [-0.25, -0.2) is 13.2 Å². The Morgan fingerprint density at radius 3 is 1.64 bits per heavy atom. The van der Waals surface area contributed by atoms with Crippen molar-refractivity contribution in [3.63, 3.8) is 0 Å². The van der Waals surface area contributed by atoms with Crippen LogP contribution in [0.3, 0.4) is 0 Å². The maximum atomic E-state index is 15.9. The molecule has 1 rings (SSSR count). The van der Waals surface area contributed by atoms with Crippen LogP contribution in [0.5, 0.6) is 0 Å². The summed E-state index contributed by atoms with van der Waals surface area (Å²) >= 11 is 0. The lowest BCUT2D eigenvalue weighted by Crippen LogP contribution is -2.66. The van der Waals surface area contributed by atoms with E-state index >= 15 is 13.2 Å². The van der Waals surface area contributed by atoms with Crippen molar-refractivity contribution in [1.82, 2.24) is 0 Å². The van der Waals surface area contributed by atoms with Gasteiger partial charge in [0.2, 0.25) is 5.41 Å². The number of aliphatic hydroxyl groups is 1. The highest BCUT2D eigenvalue weighted by atomic mass is 19.4. The SMILES string of the molecule is CCC(CC(C(=O)OC(C)(C)C)(C(F)(F)F)C(F)(F)C(C)(F)CCC#N)c1ccc(C(O)(C(F)(F)F)C(F)(F)F)cc1. The molecule has 1 aromatic rings. The largest absolute Gasteiger partial charge is 0.459 e. The quantitative estimate of drug-likeness (QED) is 0.208. The molecule has 0 fully saturated rings. The van der Waals surface area contributed by atoms with Gasteiger partial charge in [-0.2, -0.15) is 44.8 Å². The zero-order valence-corrected chi connectivity index (χ0v) is 23.0. The third-order valence-corrected chi connectivity index (χ3v) is 6.79. The molecule has 0 aliphatic heterocycles. The molecule has 0 saturated carbocycles. The van der Waals surface area contributed by atoms with Crippen molar-refractivity contribution in [2.75, 3.05) is 0 Å². The summed E-state index contributed by atoms with van der Waals surface area (Å²) in [5.74, 6) is -10.0. The van der Waals surface area contributed by atoms with Gasteiger partial charge >= 0.3 is 30.4 Å². The van der Waals surface area contributed by atoms with Gasteiger partial charge in [0.25, 0.3) is 5.60 Å². The number of benzene rings is 1. The lowest BCUT2D eigenvalue weighted by Gasteiger charge is -2.46. The van der Waals surface area contributed by atoms with E-state index in [9.17, 15) is 49.4 Å². The van der Waals surface area contributed by atoms with Crippen LogP contribution in [0.15, 0.2) is 24.3 Å². The number of ether oxygens (including phenoxy) is 1. The standard InChI is InChI=1S/C26H29F12NO3/c1-6-15(16-8-10-17(11-9-16)22(41,25(33,34)35)26(36,37)38)14-21(24(30,31)32,18(40)42-19(2,3)4)23(28,29)20(5,27)12-7-13-39/h8-11,15,41H,6-7,12,14H2,1-5H3. The van der Waals surface area contributed by atoms with Crippen LogP contribution in [0.25, 0.3) is 0 Å². The number of carbonyl (C=O) groups is 1. The van der Waals surface area contributed by atoms with E-state index in [1.54, 1.807) is 0 Å². The van der Waals surface area contributed by atoms with Gasteiger partial charge in [0.15, 0.2) is 5.67 Å². The number of alkyl halides is 12. The average Bonchev–Trinajstić information content (AvgIpc) is 2.79. The van der Waals surface area contributed by atoms with Crippen LogP contribution in [0.1, 0.15) is 77.3 Å². The van der Waals surface area contributed by atoms with Crippen molar-refractivity contribution in [2.45, 2.75) is 108 Å². The summed E-state index contributed by atoms with van der Waals surface area (Å²) in [7, 11) is 0. The van der Waals surface area contributed by atoms with E-state index < -0.39 is 95.4 Å². The predicted octanol–water partition coefficient (Wildman–Crippen LogP) is 8.44. The number of carbonyl (C=O) groups excluding carboxylic acids is 1. The van der Waals surface area contributed by atoms with Gasteiger partial charge in [-0.3, -0.25) is 4.79 Å². The number of nitriles is 1. The fourth-order valence-corrected chi connectivity index (χ4v) is 4.36. The van der Waals surface area contributed by atoms with Crippen molar-refractivity contribution in [1.29, 1.82) is 5.26 Å². The molecule has 1 N–H and O–H groups in total. The maximum absolute atomic E-state index is 15.9. The Labute approximate surface area is 233 Å². The Bertz CT molecular complexity index is 1110. The molecule has 240 valence electrons. The zero-order chi connectivity index (χ0) is 33.4. The minimum absolute atomic E-state index is 0.0695. The normalized spacial score (nSPS) is 17.5. The molecule has 0 aliphatic carbocycles. The second kappa shape index (κ2) is 11.8. The summed E-state index contributed by atoms with van der Waals surface area (Å²) in [5.41, 5.74) is -18.5. The topological polar surface area (TPSA) is 70.3 Å². The van der Waals surface area contributed by atoms with Crippen LogP contribution in [-0.4, -0.2) is 46.8 Å². The molecular formula is C26H29F12NO3. The minimum atomic E-state index is -6.28.